The SMILES string of the molecule is Cc1cccc2nc(-c3ccc(OCc4ccccc4)cc3)cn12. The lowest BCUT2D eigenvalue weighted by molar-refractivity contribution is 0.306. The number of fused-ring (bicyclic) bond motifs is 1. The number of aromatic nitrogens is 2. The van der Waals surface area contributed by atoms with Gasteiger partial charge in [0.25, 0.3) is 0 Å². The van der Waals surface area contributed by atoms with Crippen molar-refractivity contribution in [1.82, 2.24) is 9.38 Å². The molecule has 2 aromatic carbocycles. The molecule has 3 heteroatoms. The third kappa shape index (κ3) is 2.88. The van der Waals surface area contributed by atoms with Gasteiger partial charge in [-0.05, 0) is 48.9 Å². The van der Waals surface area contributed by atoms with Crippen LogP contribution in [0.15, 0.2) is 79.0 Å². The summed E-state index contributed by atoms with van der Waals surface area (Å²) in [6.07, 6.45) is 2.07. The van der Waals surface area contributed by atoms with Crippen molar-refractivity contribution in [2.75, 3.05) is 0 Å². The van der Waals surface area contributed by atoms with E-state index in [1.54, 1.807) is 0 Å². The quantitative estimate of drug-likeness (QED) is 0.536. The van der Waals surface area contributed by atoms with Gasteiger partial charge in [-0.2, -0.15) is 0 Å². The highest BCUT2D eigenvalue weighted by Gasteiger charge is 2.06. The van der Waals surface area contributed by atoms with E-state index in [0.717, 1.165) is 28.2 Å². The largest absolute Gasteiger partial charge is 0.489 e. The second kappa shape index (κ2) is 6.20. The molecule has 2 aromatic heterocycles. The number of ether oxygens (including phenoxy) is 1. The third-order valence-electron chi connectivity index (χ3n) is 4.09. The van der Waals surface area contributed by atoms with E-state index in [1.807, 2.05) is 42.5 Å². The molecule has 24 heavy (non-hydrogen) atoms. The van der Waals surface area contributed by atoms with Gasteiger partial charge in [0, 0.05) is 17.5 Å². The number of rotatable bonds is 4. The summed E-state index contributed by atoms with van der Waals surface area (Å²) in [6.45, 7) is 2.66. The molecule has 0 spiro atoms. The van der Waals surface area contributed by atoms with Crippen molar-refractivity contribution < 1.29 is 4.74 Å². The Morgan fingerprint density at radius 2 is 1.67 bits per heavy atom. The van der Waals surface area contributed by atoms with E-state index in [2.05, 4.69) is 52.8 Å². The molecule has 118 valence electrons. The van der Waals surface area contributed by atoms with Crippen molar-refractivity contribution in [3.8, 4) is 17.0 Å². The van der Waals surface area contributed by atoms with Crippen molar-refractivity contribution in [1.29, 1.82) is 0 Å². The van der Waals surface area contributed by atoms with Gasteiger partial charge in [0.15, 0.2) is 0 Å². The van der Waals surface area contributed by atoms with Crippen LogP contribution in [0.2, 0.25) is 0 Å². The van der Waals surface area contributed by atoms with E-state index in [4.69, 9.17) is 4.74 Å². The lowest BCUT2D eigenvalue weighted by atomic mass is 10.1. The first-order chi connectivity index (χ1) is 11.8. The Morgan fingerprint density at radius 3 is 2.42 bits per heavy atom. The summed E-state index contributed by atoms with van der Waals surface area (Å²) in [4.78, 5) is 4.69. The molecule has 4 aromatic rings. The number of imidazole rings is 1. The number of hydrogen-bond acceptors (Lipinski definition) is 2. The highest BCUT2D eigenvalue weighted by atomic mass is 16.5. The van der Waals surface area contributed by atoms with Crippen LogP contribution in [0.5, 0.6) is 5.75 Å². The van der Waals surface area contributed by atoms with Gasteiger partial charge in [-0.3, -0.25) is 0 Å². The highest BCUT2D eigenvalue weighted by Crippen LogP contribution is 2.23. The minimum Gasteiger partial charge on any atom is -0.489 e. The molecule has 2 heterocycles. The predicted molar refractivity (Wildman–Crippen MR) is 96.1 cm³/mol. The topological polar surface area (TPSA) is 26.5 Å². The molecule has 0 bridgehead atoms. The smallest absolute Gasteiger partial charge is 0.137 e. The zero-order valence-electron chi connectivity index (χ0n) is 13.5. The molecule has 0 aliphatic heterocycles. The van der Waals surface area contributed by atoms with Gasteiger partial charge in [0.05, 0.1) is 5.69 Å². The first-order valence-corrected chi connectivity index (χ1v) is 8.01. The summed E-state index contributed by atoms with van der Waals surface area (Å²) in [5.74, 6) is 0.863. The van der Waals surface area contributed by atoms with Crippen LogP contribution in [-0.2, 0) is 6.61 Å². The lowest BCUT2D eigenvalue weighted by Crippen LogP contribution is -1.94. The predicted octanol–water partition coefficient (Wildman–Crippen LogP) is 4.89. The molecule has 0 saturated heterocycles. The summed E-state index contributed by atoms with van der Waals surface area (Å²) in [6, 6.07) is 24.4. The molecular weight excluding hydrogens is 296 g/mol. The Hall–Kier alpha value is -3.07. The molecule has 0 unspecified atom stereocenters. The molecule has 0 aliphatic rings. The molecule has 0 fully saturated rings. The van der Waals surface area contributed by atoms with Gasteiger partial charge in [-0.15, -0.1) is 0 Å². The van der Waals surface area contributed by atoms with Crippen LogP contribution in [-0.4, -0.2) is 9.38 Å². The van der Waals surface area contributed by atoms with Crippen LogP contribution < -0.4 is 4.74 Å². The van der Waals surface area contributed by atoms with Gasteiger partial charge in [-0.25, -0.2) is 4.98 Å². The van der Waals surface area contributed by atoms with Crippen LogP contribution in [0.3, 0.4) is 0 Å². The molecule has 0 saturated carbocycles. The summed E-state index contributed by atoms with van der Waals surface area (Å²) in [5.41, 5.74) is 5.37. The summed E-state index contributed by atoms with van der Waals surface area (Å²) in [5, 5.41) is 0. The van der Waals surface area contributed by atoms with Crippen LogP contribution in [0.1, 0.15) is 11.3 Å². The molecule has 0 N–H and O–H groups in total. The first-order valence-electron chi connectivity index (χ1n) is 8.01. The number of hydrogen-bond donors (Lipinski definition) is 0. The van der Waals surface area contributed by atoms with Gasteiger partial charge in [-0.1, -0.05) is 36.4 Å². The third-order valence-corrected chi connectivity index (χ3v) is 4.09. The second-order valence-electron chi connectivity index (χ2n) is 5.82. The molecule has 3 nitrogen and oxygen atoms in total. The van der Waals surface area contributed by atoms with Gasteiger partial charge in [0.2, 0.25) is 0 Å². The maximum Gasteiger partial charge on any atom is 0.137 e. The van der Waals surface area contributed by atoms with Crippen molar-refractivity contribution in [2.45, 2.75) is 13.5 Å². The maximum absolute atomic E-state index is 5.84. The number of benzene rings is 2. The average Bonchev–Trinajstić information content (AvgIpc) is 3.07. The second-order valence-corrected chi connectivity index (χ2v) is 5.82. The Labute approximate surface area is 141 Å². The maximum atomic E-state index is 5.84. The van der Waals surface area contributed by atoms with Crippen molar-refractivity contribution in [2.24, 2.45) is 0 Å². The molecule has 4 rings (SSSR count). The fourth-order valence-corrected chi connectivity index (χ4v) is 2.75. The molecule has 0 radical (unpaired) electrons. The number of pyridine rings is 1. The molecule has 0 aliphatic carbocycles. The van der Waals surface area contributed by atoms with Crippen LogP contribution >= 0.6 is 0 Å². The van der Waals surface area contributed by atoms with E-state index in [0.29, 0.717) is 6.61 Å². The van der Waals surface area contributed by atoms with Crippen LogP contribution in [0.4, 0.5) is 0 Å². The average molecular weight is 314 g/mol. The Balaban J connectivity index is 1.53. The molecule has 0 amide bonds. The van der Waals surface area contributed by atoms with Gasteiger partial charge in [0.1, 0.15) is 18.0 Å². The van der Waals surface area contributed by atoms with Crippen LogP contribution in [0, 0.1) is 6.92 Å². The minimum absolute atomic E-state index is 0.577. The summed E-state index contributed by atoms with van der Waals surface area (Å²) >= 11 is 0. The molecule has 0 atom stereocenters. The fraction of sp³-hybridized carbons (Fsp3) is 0.0952. The van der Waals surface area contributed by atoms with Gasteiger partial charge < -0.3 is 9.14 Å². The Morgan fingerprint density at radius 1 is 0.875 bits per heavy atom. The zero-order chi connectivity index (χ0) is 16.4. The monoisotopic (exact) mass is 314 g/mol. The Kier molecular flexibility index (Phi) is 3.75. The van der Waals surface area contributed by atoms with Crippen LogP contribution in [0.25, 0.3) is 16.9 Å². The van der Waals surface area contributed by atoms with E-state index in [1.165, 1.54) is 5.69 Å². The minimum atomic E-state index is 0.577. The molecular formula is C21H18N2O. The zero-order valence-corrected chi connectivity index (χ0v) is 13.5. The standard InChI is InChI=1S/C21H18N2O/c1-16-6-5-9-21-22-20(14-23(16)21)18-10-12-19(13-11-18)24-15-17-7-3-2-4-8-17/h2-14H,15H2,1H3. The van der Waals surface area contributed by atoms with Crippen molar-refractivity contribution in [3.05, 3.63) is 90.3 Å². The van der Waals surface area contributed by atoms with Crippen molar-refractivity contribution in [3.63, 3.8) is 0 Å². The number of nitrogens with zero attached hydrogens (tertiary/aromatic N) is 2. The first kappa shape index (κ1) is 14.5. The van der Waals surface area contributed by atoms with E-state index < -0.39 is 0 Å². The van der Waals surface area contributed by atoms with Gasteiger partial charge >= 0.3 is 0 Å². The summed E-state index contributed by atoms with van der Waals surface area (Å²) < 4.78 is 7.94. The fourth-order valence-electron chi connectivity index (χ4n) is 2.75. The van der Waals surface area contributed by atoms with E-state index >= 15 is 0 Å². The van der Waals surface area contributed by atoms with E-state index in [-0.39, 0.29) is 0 Å². The van der Waals surface area contributed by atoms with E-state index in [9.17, 15) is 0 Å². The normalized spacial score (nSPS) is 10.9. The highest BCUT2D eigenvalue weighted by molar-refractivity contribution is 5.63. The Bertz CT molecular complexity index is 956. The van der Waals surface area contributed by atoms with Crippen molar-refractivity contribution >= 4 is 5.65 Å². The lowest BCUT2D eigenvalue weighted by Gasteiger charge is -2.06. The summed E-state index contributed by atoms with van der Waals surface area (Å²) in [7, 11) is 0. The number of aryl methyl sites for hydroxylation is 1.